The van der Waals surface area contributed by atoms with Crippen molar-refractivity contribution in [1.29, 1.82) is 0 Å². The van der Waals surface area contributed by atoms with E-state index in [0.29, 0.717) is 64.1 Å². The van der Waals surface area contributed by atoms with Crippen LogP contribution in [0.3, 0.4) is 0 Å². The zero-order valence-electron chi connectivity index (χ0n) is 15.4. The highest BCUT2D eigenvalue weighted by molar-refractivity contribution is 5.91. The first-order valence-electron chi connectivity index (χ1n) is 9.04. The molecule has 1 saturated heterocycles. The Morgan fingerprint density at radius 2 is 2.00 bits per heavy atom. The number of furan rings is 1. The number of amides is 1. The molecule has 1 aliphatic heterocycles. The standard InChI is InChI=1S/C19H24N2O6/c1-2-24-10-11-26-18-14-27-15(12-16(18)22)13-20-5-7-21(8-6-20)19(23)17-4-3-9-25-17/h3-4,9,12,14H,2,5-8,10-11,13H2,1H3. The highest BCUT2D eigenvalue weighted by Crippen LogP contribution is 2.13. The molecule has 0 aliphatic carbocycles. The maximum absolute atomic E-state index is 12.3. The number of piperazine rings is 1. The second-order valence-electron chi connectivity index (χ2n) is 6.17. The Hall–Kier alpha value is -2.58. The lowest BCUT2D eigenvalue weighted by Crippen LogP contribution is -2.48. The number of carbonyl (C=O) groups excluding carboxylic acids is 1. The van der Waals surface area contributed by atoms with Gasteiger partial charge in [-0.15, -0.1) is 0 Å². The van der Waals surface area contributed by atoms with Crippen molar-refractivity contribution in [2.24, 2.45) is 0 Å². The largest absolute Gasteiger partial charge is 0.484 e. The van der Waals surface area contributed by atoms with Crippen molar-refractivity contribution < 1.29 is 23.1 Å². The molecule has 1 amide bonds. The zero-order valence-corrected chi connectivity index (χ0v) is 15.4. The molecule has 0 saturated carbocycles. The molecule has 27 heavy (non-hydrogen) atoms. The van der Waals surface area contributed by atoms with Gasteiger partial charge in [0, 0.05) is 38.9 Å². The zero-order chi connectivity index (χ0) is 19.1. The van der Waals surface area contributed by atoms with Gasteiger partial charge < -0.3 is 23.2 Å². The van der Waals surface area contributed by atoms with E-state index in [0.717, 1.165) is 0 Å². The Morgan fingerprint density at radius 3 is 2.67 bits per heavy atom. The van der Waals surface area contributed by atoms with Crippen molar-refractivity contribution in [2.45, 2.75) is 13.5 Å². The summed E-state index contributed by atoms with van der Waals surface area (Å²) in [4.78, 5) is 28.3. The van der Waals surface area contributed by atoms with Crippen molar-refractivity contribution >= 4 is 5.91 Å². The Balaban J connectivity index is 1.48. The van der Waals surface area contributed by atoms with Crippen LogP contribution < -0.4 is 10.2 Å². The molecule has 0 radical (unpaired) electrons. The first-order chi connectivity index (χ1) is 13.2. The fourth-order valence-electron chi connectivity index (χ4n) is 2.87. The van der Waals surface area contributed by atoms with E-state index < -0.39 is 0 Å². The molecular weight excluding hydrogens is 352 g/mol. The molecule has 3 heterocycles. The summed E-state index contributed by atoms with van der Waals surface area (Å²) in [6.45, 7) is 6.35. The monoisotopic (exact) mass is 376 g/mol. The van der Waals surface area contributed by atoms with Gasteiger partial charge in [-0.05, 0) is 19.1 Å². The summed E-state index contributed by atoms with van der Waals surface area (Å²) in [7, 11) is 0. The summed E-state index contributed by atoms with van der Waals surface area (Å²) >= 11 is 0. The Morgan fingerprint density at radius 1 is 1.19 bits per heavy atom. The Bertz CT molecular complexity index is 778. The van der Waals surface area contributed by atoms with Gasteiger partial charge in [0.1, 0.15) is 18.6 Å². The van der Waals surface area contributed by atoms with E-state index in [4.69, 9.17) is 18.3 Å². The SMILES string of the molecule is CCOCCOc1coc(CN2CCN(C(=O)c3ccco3)CC2)cc1=O. The normalized spacial score (nSPS) is 15.1. The molecule has 0 unspecified atom stereocenters. The molecule has 146 valence electrons. The smallest absolute Gasteiger partial charge is 0.289 e. The van der Waals surface area contributed by atoms with Crippen LogP contribution in [0.2, 0.25) is 0 Å². The molecular formula is C19H24N2O6. The molecule has 0 N–H and O–H groups in total. The molecule has 2 aromatic heterocycles. The fourth-order valence-corrected chi connectivity index (χ4v) is 2.87. The van der Waals surface area contributed by atoms with Gasteiger partial charge in [-0.1, -0.05) is 0 Å². The van der Waals surface area contributed by atoms with E-state index in [1.807, 2.05) is 6.92 Å². The lowest BCUT2D eigenvalue weighted by atomic mass is 10.2. The van der Waals surface area contributed by atoms with Gasteiger partial charge in [0.25, 0.3) is 5.91 Å². The minimum Gasteiger partial charge on any atom is -0.484 e. The summed E-state index contributed by atoms with van der Waals surface area (Å²) in [5, 5.41) is 0. The van der Waals surface area contributed by atoms with Gasteiger partial charge in [-0.2, -0.15) is 0 Å². The fraction of sp³-hybridized carbons (Fsp3) is 0.474. The molecule has 0 bridgehead atoms. The van der Waals surface area contributed by atoms with Crippen LogP contribution in [-0.4, -0.2) is 61.7 Å². The summed E-state index contributed by atoms with van der Waals surface area (Å²) in [6, 6.07) is 4.83. The van der Waals surface area contributed by atoms with E-state index in [-0.39, 0.29) is 17.1 Å². The maximum Gasteiger partial charge on any atom is 0.289 e. The van der Waals surface area contributed by atoms with Crippen molar-refractivity contribution in [2.75, 3.05) is 46.0 Å². The molecule has 0 spiro atoms. The van der Waals surface area contributed by atoms with Gasteiger partial charge in [0.05, 0.1) is 19.4 Å². The van der Waals surface area contributed by atoms with Crippen LogP contribution in [-0.2, 0) is 11.3 Å². The average Bonchev–Trinajstić information content (AvgIpc) is 3.21. The lowest BCUT2D eigenvalue weighted by molar-refractivity contribution is 0.0589. The van der Waals surface area contributed by atoms with Crippen LogP contribution >= 0.6 is 0 Å². The first-order valence-corrected chi connectivity index (χ1v) is 9.04. The average molecular weight is 376 g/mol. The summed E-state index contributed by atoms with van der Waals surface area (Å²) < 4.78 is 21.2. The third kappa shape index (κ3) is 5.21. The number of ether oxygens (including phenoxy) is 2. The molecule has 1 aliphatic rings. The Labute approximate surface area is 157 Å². The predicted molar refractivity (Wildman–Crippen MR) is 96.9 cm³/mol. The summed E-state index contributed by atoms with van der Waals surface area (Å²) in [5.41, 5.74) is -0.209. The number of hydrogen-bond donors (Lipinski definition) is 0. The first kappa shape index (κ1) is 19.2. The molecule has 8 heteroatoms. The summed E-state index contributed by atoms with van der Waals surface area (Å²) in [6.07, 6.45) is 2.84. The van der Waals surface area contributed by atoms with E-state index in [1.165, 1.54) is 18.6 Å². The number of rotatable bonds is 8. The third-order valence-electron chi connectivity index (χ3n) is 4.31. The van der Waals surface area contributed by atoms with E-state index in [9.17, 15) is 9.59 Å². The lowest BCUT2D eigenvalue weighted by Gasteiger charge is -2.33. The van der Waals surface area contributed by atoms with Gasteiger partial charge >= 0.3 is 0 Å². The van der Waals surface area contributed by atoms with Crippen LogP contribution in [0.25, 0.3) is 0 Å². The highest BCUT2D eigenvalue weighted by atomic mass is 16.5. The van der Waals surface area contributed by atoms with Crippen molar-refractivity contribution in [3.05, 3.63) is 52.5 Å². The molecule has 3 rings (SSSR count). The minimum atomic E-state index is -0.209. The third-order valence-corrected chi connectivity index (χ3v) is 4.31. The highest BCUT2D eigenvalue weighted by Gasteiger charge is 2.24. The molecule has 2 aromatic rings. The topological polar surface area (TPSA) is 85.4 Å². The Kier molecular flexibility index (Phi) is 6.67. The second kappa shape index (κ2) is 9.38. The van der Waals surface area contributed by atoms with Gasteiger partial charge in [-0.3, -0.25) is 14.5 Å². The van der Waals surface area contributed by atoms with Crippen LogP contribution in [0.15, 0.2) is 44.4 Å². The van der Waals surface area contributed by atoms with Crippen LogP contribution in [0.4, 0.5) is 0 Å². The molecule has 0 aromatic carbocycles. The van der Waals surface area contributed by atoms with Crippen molar-refractivity contribution in [1.82, 2.24) is 9.80 Å². The van der Waals surface area contributed by atoms with Gasteiger partial charge in [0.15, 0.2) is 5.76 Å². The van der Waals surface area contributed by atoms with E-state index in [2.05, 4.69) is 4.90 Å². The van der Waals surface area contributed by atoms with Crippen molar-refractivity contribution in [3.63, 3.8) is 0 Å². The number of nitrogens with zero attached hydrogens (tertiary/aromatic N) is 2. The minimum absolute atomic E-state index is 0.0975. The van der Waals surface area contributed by atoms with Gasteiger partial charge in [-0.25, -0.2) is 0 Å². The summed E-state index contributed by atoms with van der Waals surface area (Å²) in [5.74, 6) is 1.02. The van der Waals surface area contributed by atoms with Crippen LogP contribution in [0.1, 0.15) is 23.2 Å². The van der Waals surface area contributed by atoms with Gasteiger partial charge in [0.2, 0.25) is 11.2 Å². The molecule has 1 fully saturated rings. The number of carbonyl (C=O) groups is 1. The van der Waals surface area contributed by atoms with Crippen LogP contribution in [0, 0.1) is 0 Å². The molecule has 8 nitrogen and oxygen atoms in total. The van der Waals surface area contributed by atoms with Crippen LogP contribution in [0.5, 0.6) is 5.75 Å². The molecule has 0 atom stereocenters. The maximum atomic E-state index is 12.3. The van der Waals surface area contributed by atoms with Crippen molar-refractivity contribution in [3.8, 4) is 5.75 Å². The van der Waals surface area contributed by atoms with E-state index in [1.54, 1.807) is 17.0 Å². The predicted octanol–water partition coefficient (Wildman–Crippen LogP) is 1.61. The second-order valence-corrected chi connectivity index (χ2v) is 6.17. The van der Waals surface area contributed by atoms with E-state index >= 15 is 0 Å². The number of hydrogen-bond acceptors (Lipinski definition) is 7. The quantitative estimate of drug-likeness (QED) is 0.647.